The predicted molar refractivity (Wildman–Crippen MR) is 50.4 cm³/mol. The summed E-state index contributed by atoms with van der Waals surface area (Å²) in [4.78, 5) is 13.7. The number of aryl methyl sites for hydroxylation is 1. The van der Waals surface area contributed by atoms with Gasteiger partial charge in [-0.15, -0.1) is 0 Å². The third kappa shape index (κ3) is 2.75. The Morgan fingerprint density at radius 2 is 2.31 bits per heavy atom. The fourth-order valence-corrected chi connectivity index (χ4v) is 1.17. The van der Waals surface area contributed by atoms with Crippen molar-refractivity contribution in [3.63, 3.8) is 0 Å². The predicted octanol–water partition coefficient (Wildman–Crippen LogP) is 1.59. The smallest absolute Gasteiger partial charge is 0.249 e. The number of aromatic nitrogens is 1. The van der Waals surface area contributed by atoms with Crippen LogP contribution in [0.1, 0.15) is 31.0 Å². The number of H-pyrrole nitrogens is 1. The van der Waals surface area contributed by atoms with Gasteiger partial charge in [0.25, 0.3) is 0 Å². The lowest BCUT2D eigenvalue weighted by Crippen LogP contribution is -2.08. The van der Waals surface area contributed by atoms with Gasteiger partial charge in [-0.1, -0.05) is 13.3 Å². The zero-order chi connectivity index (χ0) is 9.68. The van der Waals surface area contributed by atoms with Gasteiger partial charge in [0.2, 0.25) is 5.56 Å². The molecule has 0 unspecified atom stereocenters. The van der Waals surface area contributed by atoms with Crippen LogP contribution in [-0.4, -0.2) is 4.98 Å². The first kappa shape index (κ1) is 9.53. The molecule has 0 spiro atoms. The van der Waals surface area contributed by atoms with Crippen LogP contribution in [0.2, 0.25) is 0 Å². The maximum absolute atomic E-state index is 11.0. The van der Waals surface area contributed by atoms with Gasteiger partial charge in [0.15, 0.2) is 0 Å². The zero-order valence-electron chi connectivity index (χ0n) is 7.63. The Morgan fingerprint density at radius 1 is 1.54 bits per heavy atom. The summed E-state index contributed by atoms with van der Waals surface area (Å²) < 4.78 is 0. The van der Waals surface area contributed by atoms with Gasteiger partial charge in [-0.05, 0) is 18.9 Å². The molecule has 1 aromatic heterocycles. The number of nitrogens with one attached hydrogen (secondary N) is 1. The molecule has 68 valence electrons. The van der Waals surface area contributed by atoms with E-state index in [9.17, 15) is 4.79 Å². The summed E-state index contributed by atoms with van der Waals surface area (Å²) in [6.07, 6.45) is 2.95. The number of nitrogens with zero attached hydrogens (tertiary/aromatic N) is 1. The molecule has 13 heavy (non-hydrogen) atoms. The summed E-state index contributed by atoms with van der Waals surface area (Å²) in [5.74, 6) is 0. The lowest BCUT2D eigenvalue weighted by molar-refractivity contribution is 0.773. The Balaban J connectivity index is 2.90. The highest BCUT2D eigenvalue weighted by atomic mass is 16.1. The Hall–Kier alpha value is -1.56. The standard InChI is InChI=1S/C10H12N2O/c1-2-3-4-9-5-8(7-11)6-10(13)12-9/h5-6H,2-4H2,1H3,(H,12,13). The molecule has 0 radical (unpaired) electrons. The number of hydrogen-bond donors (Lipinski definition) is 1. The number of nitriles is 1. The van der Waals surface area contributed by atoms with Crippen molar-refractivity contribution in [1.29, 1.82) is 5.26 Å². The van der Waals surface area contributed by atoms with Crippen LogP contribution in [0, 0.1) is 11.3 Å². The molecule has 0 aliphatic carbocycles. The van der Waals surface area contributed by atoms with Crippen molar-refractivity contribution in [2.75, 3.05) is 0 Å². The monoisotopic (exact) mass is 176 g/mol. The van der Waals surface area contributed by atoms with E-state index in [1.165, 1.54) is 6.07 Å². The lowest BCUT2D eigenvalue weighted by atomic mass is 10.1. The minimum Gasteiger partial charge on any atom is -0.326 e. The van der Waals surface area contributed by atoms with Gasteiger partial charge in [-0.25, -0.2) is 0 Å². The van der Waals surface area contributed by atoms with Crippen LogP contribution >= 0.6 is 0 Å². The highest BCUT2D eigenvalue weighted by Crippen LogP contribution is 2.01. The Morgan fingerprint density at radius 3 is 2.92 bits per heavy atom. The Bertz CT molecular complexity index is 373. The van der Waals surface area contributed by atoms with Crippen LogP contribution < -0.4 is 5.56 Å². The van der Waals surface area contributed by atoms with E-state index in [0.717, 1.165) is 25.0 Å². The molecule has 3 heteroatoms. The van der Waals surface area contributed by atoms with E-state index >= 15 is 0 Å². The zero-order valence-corrected chi connectivity index (χ0v) is 7.63. The molecule has 0 amide bonds. The van der Waals surface area contributed by atoms with Crippen LogP contribution in [0.15, 0.2) is 16.9 Å². The summed E-state index contributed by atoms with van der Waals surface area (Å²) in [6, 6.07) is 5.01. The number of aromatic amines is 1. The SMILES string of the molecule is CCCCc1cc(C#N)cc(=O)[nH]1. The summed E-state index contributed by atoms with van der Waals surface area (Å²) in [5, 5.41) is 8.61. The van der Waals surface area contributed by atoms with Gasteiger partial charge >= 0.3 is 0 Å². The van der Waals surface area contributed by atoms with Gasteiger partial charge in [0, 0.05) is 11.8 Å². The molecular formula is C10H12N2O. The maximum Gasteiger partial charge on any atom is 0.249 e. The summed E-state index contributed by atoms with van der Waals surface area (Å²) in [6.45, 7) is 2.09. The Kier molecular flexibility index (Phi) is 3.27. The molecular weight excluding hydrogens is 164 g/mol. The average molecular weight is 176 g/mol. The van der Waals surface area contributed by atoms with Gasteiger partial charge in [0.1, 0.15) is 0 Å². The van der Waals surface area contributed by atoms with Crippen molar-refractivity contribution in [3.05, 3.63) is 33.7 Å². The molecule has 0 saturated heterocycles. The topological polar surface area (TPSA) is 56.6 Å². The first-order valence-electron chi connectivity index (χ1n) is 4.39. The van der Waals surface area contributed by atoms with Gasteiger partial charge < -0.3 is 4.98 Å². The minimum absolute atomic E-state index is 0.190. The van der Waals surface area contributed by atoms with E-state index in [-0.39, 0.29) is 5.56 Å². The van der Waals surface area contributed by atoms with Gasteiger partial charge in [-0.3, -0.25) is 4.79 Å². The third-order valence-electron chi connectivity index (χ3n) is 1.83. The van der Waals surface area contributed by atoms with Crippen LogP contribution in [0.3, 0.4) is 0 Å². The second kappa shape index (κ2) is 4.46. The molecule has 3 nitrogen and oxygen atoms in total. The van der Waals surface area contributed by atoms with E-state index in [2.05, 4.69) is 11.9 Å². The molecule has 0 bridgehead atoms. The van der Waals surface area contributed by atoms with E-state index in [1.54, 1.807) is 6.07 Å². The summed E-state index contributed by atoms with van der Waals surface area (Å²) in [7, 11) is 0. The van der Waals surface area contributed by atoms with Crippen molar-refractivity contribution in [1.82, 2.24) is 4.98 Å². The molecule has 1 rings (SSSR count). The normalized spacial score (nSPS) is 9.54. The van der Waals surface area contributed by atoms with Crippen molar-refractivity contribution < 1.29 is 0 Å². The van der Waals surface area contributed by atoms with Crippen molar-refractivity contribution >= 4 is 0 Å². The second-order valence-corrected chi connectivity index (χ2v) is 2.97. The largest absolute Gasteiger partial charge is 0.326 e. The maximum atomic E-state index is 11.0. The lowest BCUT2D eigenvalue weighted by Gasteiger charge is -1.98. The summed E-state index contributed by atoms with van der Waals surface area (Å²) >= 11 is 0. The summed E-state index contributed by atoms with van der Waals surface area (Å²) in [5.41, 5.74) is 1.10. The molecule has 0 aliphatic rings. The molecule has 0 atom stereocenters. The number of hydrogen-bond acceptors (Lipinski definition) is 2. The number of unbranched alkanes of at least 4 members (excludes halogenated alkanes) is 1. The Labute approximate surface area is 77.0 Å². The molecule has 0 aliphatic heterocycles. The third-order valence-corrected chi connectivity index (χ3v) is 1.83. The number of rotatable bonds is 3. The van der Waals surface area contributed by atoms with Crippen molar-refractivity contribution in [3.8, 4) is 6.07 Å². The molecule has 0 saturated carbocycles. The van der Waals surface area contributed by atoms with Crippen molar-refractivity contribution in [2.24, 2.45) is 0 Å². The quantitative estimate of drug-likeness (QED) is 0.760. The minimum atomic E-state index is -0.190. The highest BCUT2D eigenvalue weighted by molar-refractivity contribution is 5.28. The van der Waals surface area contributed by atoms with Crippen LogP contribution in [0.5, 0.6) is 0 Å². The van der Waals surface area contributed by atoms with Crippen molar-refractivity contribution in [2.45, 2.75) is 26.2 Å². The van der Waals surface area contributed by atoms with E-state index in [4.69, 9.17) is 5.26 Å². The first-order valence-corrected chi connectivity index (χ1v) is 4.39. The van der Waals surface area contributed by atoms with Gasteiger partial charge in [0.05, 0.1) is 11.6 Å². The number of pyridine rings is 1. The van der Waals surface area contributed by atoms with Crippen LogP contribution in [-0.2, 0) is 6.42 Å². The fourth-order valence-electron chi connectivity index (χ4n) is 1.17. The molecule has 1 heterocycles. The fraction of sp³-hybridized carbons (Fsp3) is 0.400. The first-order chi connectivity index (χ1) is 6.26. The average Bonchev–Trinajstić information content (AvgIpc) is 2.14. The van der Waals surface area contributed by atoms with E-state index in [1.807, 2.05) is 6.07 Å². The van der Waals surface area contributed by atoms with Crippen LogP contribution in [0.4, 0.5) is 0 Å². The van der Waals surface area contributed by atoms with Crippen LogP contribution in [0.25, 0.3) is 0 Å². The molecule has 0 aromatic carbocycles. The second-order valence-electron chi connectivity index (χ2n) is 2.97. The van der Waals surface area contributed by atoms with E-state index < -0.39 is 0 Å². The molecule has 1 aromatic rings. The van der Waals surface area contributed by atoms with Gasteiger partial charge in [-0.2, -0.15) is 5.26 Å². The molecule has 0 fully saturated rings. The van der Waals surface area contributed by atoms with E-state index in [0.29, 0.717) is 5.56 Å². The highest BCUT2D eigenvalue weighted by Gasteiger charge is 1.97. The molecule has 1 N–H and O–H groups in total.